The lowest BCUT2D eigenvalue weighted by Gasteiger charge is -2.14. The monoisotopic (exact) mass is 566 g/mol. The Morgan fingerprint density at radius 1 is 0.595 bits per heavy atom. The fraction of sp³-hybridized carbons (Fsp3) is 0.176. The SMILES string of the molecule is C=C(Cc1cc(OC)cc(C=Nc2ccc(OC)cc2)c1O)Cc1cc(OC)cc(C=Nc2ccc(OC)cc2)c1O. The summed E-state index contributed by atoms with van der Waals surface area (Å²) in [7, 11) is 6.35. The minimum Gasteiger partial charge on any atom is -0.507 e. The van der Waals surface area contributed by atoms with Gasteiger partial charge in [-0.3, -0.25) is 9.98 Å². The van der Waals surface area contributed by atoms with E-state index in [-0.39, 0.29) is 11.5 Å². The molecule has 8 nitrogen and oxygen atoms in total. The molecular formula is C34H34N2O6. The van der Waals surface area contributed by atoms with E-state index in [4.69, 9.17) is 18.9 Å². The van der Waals surface area contributed by atoms with Gasteiger partial charge in [0.2, 0.25) is 0 Å². The first-order valence-electron chi connectivity index (χ1n) is 13.2. The Hall–Kier alpha value is -5.24. The molecule has 216 valence electrons. The fourth-order valence-electron chi connectivity index (χ4n) is 4.31. The van der Waals surface area contributed by atoms with Crippen molar-refractivity contribution < 1.29 is 29.2 Å². The molecule has 0 atom stereocenters. The number of nitrogens with zero attached hydrogens (tertiary/aromatic N) is 2. The Morgan fingerprint density at radius 3 is 1.29 bits per heavy atom. The van der Waals surface area contributed by atoms with E-state index in [9.17, 15) is 10.2 Å². The molecule has 4 rings (SSSR count). The summed E-state index contributed by atoms with van der Waals surface area (Å²) in [5, 5.41) is 22.1. The van der Waals surface area contributed by atoms with E-state index >= 15 is 0 Å². The molecular weight excluding hydrogens is 532 g/mol. The van der Waals surface area contributed by atoms with Crippen LogP contribution in [-0.2, 0) is 12.8 Å². The number of methoxy groups -OCH3 is 4. The van der Waals surface area contributed by atoms with Crippen molar-refractivity contribution in [2.75, 3.05) is 28.4 Å². The Labute approximate surface area is 245 Å². The molecule has 2 N–H and O–H groups in total. The maximum atomic E-state index is 11.1. The quantitative estimate of drug-likeness (QED) is 0.142. The van der Waals surface area contributed by atoms with Crippen LogP contribution in [-0.4, -0.2) is 51.1 Å². The minimum atomic E-state index is 0.0800. The summed E-state index contributed by atoms with van der Waals surface area (Å²) >= 11 is 0. The van der Waals surface area contributed by atoms with Crippen LogP contribution in [0, 0.1) is 0 Å². The van der Waals surface area contributed by atoms with Crippen LogP contribution in [0.1, 0.15) is 22.3 Å². The lowest BCUT2D eigenvalue weighted by Crippen LogP contribution is -2.00. The number of aliphatic imine (C=N–C) groups is 2. The van der Waals surface area contributed by atoms with Crippen LogP contribution < -0.4 is 18.9 Å². The number of phenolic OH excluding ortho intramolecular Hbond substituents is 2. The summed E-state index contributed by atoms with van der Waals surface area (Å²) in [6, 6.07) is 21.5. The molecule has 0 aliphatic rings. The van der Waals surface area contributed by atoms with E-state index in [2.05, 4.69) is 16.6 Å². The molecule has 8 heteroatoms. The molecule has 0 bridgehead atoms. The second kappa shape index (κ2) is 13.9. The van der Waals surface area contributed by atoms with Crippen LogP contribution in [0.5, 0.6) is 34.5 Å². The molecule has 0 unspecified atom stereocenters. The summed E-state index contributed by atoms with van der Waals surface area (Å²) in [6.45, 7) is 4.22. The number of allylic oxidation sites excluding steroid dienone is 1. The van der Waals surface area contributed by atoms with Crippen molar-refractivity contribution in [1.82, 2.24) is 0 Å². The maximum Gasteiger partial charge on any atom is 0.128 e. The third-order valence-corrected chi connectivity index (χ3v) is 6.59. The molecule has 0 fully saturated rings. The summed E-state index contributed by atoms with van der Waals surface area (Å²) in [4.78, 5) is 8.96. The Kier molecular flexibility index (Phi) is 9.84. The van der Waals surface area contributed by atoms with Crippen molar-refractivity contribution in [1.29, 1.82) is 0 Å². The fourth-order valence-corrected chi connectivity index (χ4v) is 4.31. The van der Waals surface area contributed by atoms with E-state index in [1.807, 2.05) is 48.5 Å². The molecule has 0 aromatic heterocycles. The first kappa shape index (κ1) is 29.7. The van der Waals surface area contributed by atoms with E-state index in [0.29, 0.717) is 58.0 Å². The van der Waals surface area contributed by atoms with Gasteiger partial charge in [0.05, 0.1) is 39.8 Å². The molecule has 4 aromatic rings. The predicted molar refractivity (Wildman–Crippen MR) is 166 cm³/mol. The zero-order valence-corrected chi connectivity index (χ0v) is 24.1. The molecule has 4 aromatic carbocycles. The first-order valence-corrected chi connectivity index (χ1v) is 13.2. The Morgan fingerprint density at radius 2 is 0.952 bits per heavy atom. The normalized spacial score (nSPS) is 11.1. The first-order chi connectivity index (χ1) is 20.3. The van der Waals surface area contributed by atoms with Gasteiger partial charge in [-0.15, -0.1) is 0 Å². The predicted octanol–water partition coefficient (Wildman–Crippen LogP) is 6.97. The number of hydrogen-bond donors (Lipinski definition) is 2. The van der Waals surface area contributed by atoms with E-state index in [1.165, 1.54) is 0 Å². The molecule has 0 spiro atoms. The van der Waals surface area contributed by atoms with E-state index in [0.717, 1.165) is 17.1 Å². The number of benzene rings is 4. The van der Waals surface area contributed by atoms with Gasteiger partial charge in [0.1, 0.15) is 34.5 Å². The summed E-state index contributed by atoms with van der Waals surface area (Å²) in [6.07, 6.45) is 3.87. The van der Waals surface area contributed by atoms with Crippen LogP contribution in [0.3, 0.4) is 0 Å². The van der Waals surface area contributed by atoms with Gasteiger partial charge in [-0.05, 0) is 85.6 Å². The van der Waals surface area contributed by atoms with Gasteiger partial charge in [-0.2, -0.15) is 0 Å². The number of aromatic hydroxyl groups is 2. The molecule has 0 amide bonds. The topological polar surface area (TPSA) is 102 Å². The summed E-state index contributed by atoms with van der Waals surface area (Å²) in [5.41, 5.74) is 4.45. The lowest BCUT2D eigenvalue weighted by atomic mass is 9.95. The minimum absolute atomic E-state index is 0.0800. The molecule has 0 radical (unpaired) electrons. The van der Waals surface area contributed by atoms with Gasteiger partial charge in [-0.1, -0.05) is 12.2 Å². The van der Waals surface area contributed by atoms with Crippen molar-refractivity contribution in [3.63, 3.8) is 0 Å². The molecule has 0 aliphatic heterocycles. The van der Waals surface area contributed by atoms with E-state index in [1.54, 1.807) is 65.1 Å². The zero-order valence-electron chi connectivity index (χ0n) is 24.1. The van der Waals surface area contributed by atoms with Crippen molar-refractivity contribution >= 4 is 23.8 Å². The van der Waals surface area contributed by atoms with Gasteiger partial charge < -0.3 is 29.2 Å². The number of hydrogen-bond acceptors (Lipinski definition) is 8. The van der Waals surface area contributed by atoms with Crippen molar-refractivity contribution in [2.45, 2.75) is 12.8 Å². The molecule has 0 saturated carbocycles. The third kappa shape index (κ3) is 7.48. The second-order valence-corrected chi connectivity index (χ2v) is 9.46. The number of ether oxygens (including phenoxy) is 4. The second-order valence-electron chi connectivity index (χ2n) is 9.46. The molecule has 0 heterocycles. The average molecular weight is 567 g/mol. The molecule has 42 heavy (non-hydrogen) atoms. The highest BCUT2D eigenvalue weighted by molar-refractivity contribution is 5.87. The van der Waals surface area contributed by atoms with Crippen molar-refractivity contribution in [3.8, 4) is 34.5 Å². The van der Waals surface area contributed by atoms with Gasteiger partial charge in [-0.25, -0.2) is 0 Å². The Bertz CT molecular complexity index is 1470. The van der Waals surface area contributed by atoms with Gasteiger partial charge in [0.25, 0.3) is 0 Å². The largest absolute Gasteiger partial charge is 0.507 e. The third-order valence-electron chi connectivity index (χ3n) is 6.59. The smallest absolute Gasteiger partial charge is 0.128 e. The summed E-state index contributed by atoms with van der Waals surface area (Å²) in [5.74, 6) is 2.78. The van der Waals surface area contributed by atoms with Gasteiger partial charge in [0.15, 0.2) is 0 Å². The van der Waals surface area contributed by atoms with Crippen LogP contribution in [0.2, 0.25) is 0 Å². The highest BCUT2D eigenvalue weighted by atomic mass is 16.5. The standard InChI is InChI=1S/C34H34N2O6/c1-22(14-23-16-31(41-4)18-25(33(23)37)20-35-27-6-10-29(39-2)11-7-27)15-24-17-32(42-5)19-26(34(24)38)21-36-28-8-12-30(40-3)13-9-28/h6-13,16-21,37-38H,1,14-15H2,2-5H3. The van der Waals surface area contributed by atoms with Gasteiger partial charge >= 0.3 is 0 Å². The van der Waals surface area contributed by atoms with E-state index < -0.39 is 0 Å². The highest BCUT2D eigenvalue weighted by Gasteiger charge is 2.15. The lowest BCUT2D eigenvalue weighted by molar-refractivity contribution is 0.410. The van der Waals surface area contributed by atoms with Crippen molar-refractivity contribution in [2.24, 2.45) is 9.98 Å². The van der Waals surface area contributed by atoms with Crippen LogP contribution >= 0.6 is 0 Å². The van der Waals surface area contributed by atoms with Crippen molar-refractivity contribution in [3.05, 3.63) is 107 Å². The van der Waals surface area contributed by atoms with Crippen LogP contribution in [0.15, 0.2) is 94.9 Å². The van der Waals surface area contributed by atoms with Crippen LogP contribution in [0.25, 0.3) is 0 Å². The average Bonchev–Trinajstić information content (AvgIpc) is 3.02. The summed E-state index contributed by atoms with van der Waals surface area (Å²) < 4.78 is 21.3. The number of rotatable bonds is 12. The molecule has 0 saturated heterocycles. The number of phenols is 2. The maximum absolute atomic E-state index is 11.1. The molecule has 0 aliphatic carbocycles. The zero-order chi connectivity index (χ0) is 30.1. The van der Waals surface area contributed by atoms with Crippen LogP contribution in [0.4, 0.5) is 11.4 Å². The highest BCUT2D eigenvalue weighted by Crippen LogP contribution is 2.33. The Balaban J connectivity index is 1.55. The van der Waals surface area contributed by atoms with Gasteiger partial charge in [0, 0.05) is 34.7 Å².